The summed E-state index contributed by atoms with van der Waals surface area (Å²) in [5.41, 5.74) is 3.38. The molecule has 0 aliphatic carbocycles. The van der Waals surface area contributed by atoms with Crippen molar-refractivity contribution in [3.05, 3.63) is 106 Å². The van der Waals surface area contributed by atoms with E-state index in [1.807, 2.05) is 75.4 Å². The van der Waals surface area contributed by atoms with Crippen LogP contribution in [0.4, 0.5) is 4.39 Å². The number of nitrogens with zero attached hydrogens (tertiary/aromatic N) is 1. The van der Waals surface area contributed by atoms with Gasteiger partial charge in [-0.05, 0) is 49.1 Å². The van der Waals surface area contributed by atoms with E-state index in [4.69, 9.17) is 11.6 Å². The number of amides is 2. The van der Waals surface area contributed by atoms with Gasteiger partial charge in [0.05, 0.1) is 5.75 Å². The van der Waals surface area contributed by atoms with Crippen LogP contribution in [0.1, 0.15) is 42.5 Å². The van der Waals surface area contributed by atoms with Crippen LogP contribution in [0.5, 0.6) is 0 Å². The molecule has 2 amide bonds. The zero-order valence-corrected chi connectivity index (χ0v) is 23.1. The van der Waals surface area contributed by atoms with Crippen LogP contribution in [0.25, 0.3) is 0 Å². The van der Waals surface area contributed by atoms with Gasteiger partial charge in [0, 0.05) is 35.3 Å². The standard InChI is InChI=1S/C30H34ClFN2O2S/c1-4-22(3)33-30(36)28(17-23-12-6-5-7-13-23)34(18-24-14-9-8-11-21(24)2)29(35)20-37-19-25-26(31)15-10-16-27(25)32/h5-16,22,28H,4,17-20H2,1-3H3,(H,33,36)/t22-,28+/m0/s1. The van der Waals surface area contributed by atoms with E-state index in [9.17, 15) is 14.0 Å². The van der Waals surface area contributed by atoms with E-state index >= 15 is 0 Å². The Morgan fingerprint density at radius 3 is 2.41 bits per heavy atom. The predicted molar refractivity (Wildman–Crippen MR) is 151 cm³/mol. The number of carbonyl (C=O) groups excluding carboxylic acids is 2. The molecule has 0 fully saturated rings. The Balaban J connectivity index is 1.89. The maximum Gasteiger partial charge on any atom is 0.243 e. The second kappa shape index (κ2) is 14.2. The molecule has 196 valence electrons. The molecule has 37 heavy (non-hydrogen) atoms. The molecule has 4 nitrogen and oxygen atoms in total. The van der Waals surface area contributed by atoms with E-state index in [1.54, 1.807) is 17.0 Å². The number of hydrogen-bond acceptors (Lipinski definition) is 3. The third kappa shape index (κ3) is 8.34. The van der Waals surface area contributed by atoms with Crippen molar-refractivity contribution in [2.75, 3.05) is 5.75 Å². The number of halogens is 2. The first-order valence-electron chi connectivity index (χ1n) is 12.5. The van der Waals surface area contributed by atoms with Crippen LogP contribution in [0, 0.1) is 12.7 Å². The summed E-state index contributed by atoms with van der Waals surface area (Å²) >= 11 is 7.47. The minimum Gasteiger partial charge on any atom is -0.352 e. The molecule has 0 spiro atoms. The van der Waals surface area contributed by atoms with Gasteiger partial charge < -0.3 is 10.2 Å². The lowest BCUT2D eigenvalue weighted by atomic mass is 10.0. The van der Waals surface area contributed by atoms with Crippen LogP contribution in [-0.2, 0) is 28.3 Å². The van der Waals surface area contributed by atoms with Crippen LogP contribution in [0.15, 0.2) is 72.8 Å². The van der Waals surface area contributed by atoms with Gasteiger partial charge in [-0.3, -0.25) is 9.59 Å². The molecule has 0 saturated heterocycles. The lowest BCUT2D eigenvalue weighted by Crippen LogP contribution is -2.52. The second-order valence-electron chi connectivity index (χ2n) is 9.16. The molecule has 0 radical (unpaired) electrons. The van der Waals surface area contributed by atoms with Crippen LogP contribution in [-0.4, -0.2) is 34.6 Å². The summed E-state index contributed by atoms with van der Waals surface area (Å²) in [6, 6.07) is 21.5. The molecule has 7 heteroatoms. The van der Waals surface area contributed by atoms with E-state index < -0.39 is 6.04 Å². The van der Waals surface area contributed by atoms with E-state index in [0.29, 0.717) is 23.6 Å². The molecular formula is C30H34ClFN2O2S. The molecule has 3 aromatic carbocycles. The molecule has 1 N–H and O–H groups in total. The second-order valence-corrected chi connectivity index (χ2v) is 10.6. The average molecular weight is 541 g/mol. The normalized spacial score (nSPS) is 12.6. The minimum absolute atomic E-state index is 0.0150. The third-order valence-corrected chi connectivity index (χ3v) is 7.71. The Morgan fingerprint density at radius 1 is 1.03 bits per heavy atom. The number of benzene rings is 3. The molecule has 3 aromatic rings. The topological polar surface area (TPSA) is 49.4 Å². The highest BCUT2D eigenvalue weighted by Crippen LogP contribution is 2.25. The Labute approximate surface area is 228 Å². The van der Waals surface area contributed by atoms with Crippen molar-refractivity contribution in [1.82, 2.24) is 10.2 Å². The van der Waals surface area contributed by atoms with E-state index in [-0.39, 0.29) is 35.2 Å². The van der Waals surface area contributed by atoms with Gasteiger partial charge in [0.15, 0.2) is 0 Å². The smallest absolute Gasteiger partial charge is 0.243 e. The maximum atomic E-state index is 14.3. The number of thioether (sulfide) groups is 1. The number of hydrogen-bond donors (Lipinski definition) is 1. The number of nitrogens with one attached hydrogen (secondary N) is 1. The first kappa shape index (κ1) is 28.7. The van der Waals surface area contributed by atoms with Crippen LogP contribution >= 0.6 is 23.4 Å². The van der Waals surface area contributed by atoms with E-state index in [0.717, 1.165) is 23.1 Å². The fraction of sp³-hybridized carbons (Fsp3) is 0.333. The minimum atomic E-state index is -0.693. The molecule has 0 aromatic heterocycles. The largest absolute Gasteiger partial charge is 0.352 e. The SMILES string of the molecule is CC[C@H](C)NC(=O)[C@@H](Cc1ccccc1)N(Cc1ccccc1C)C(=O)CSCc1c(F)cccc1Cl. The lowest BCUT2D eigenvalue weighted by Gasteiger charge is -2.32. The summed E-state index contributed by atoms with van der Waals surface area (Å²) in [6.07, 6.45) is 1.18. The fourth-order valence-electron chi connectivity index (χ4n) is 3.96. The summed E-state index contributed by atoms with van der Waals surface area (Å²) in [5, 5.41) is 3.42. The van der Waals surface area contributed by atoms with Crippen LogP contribution in [0.3, 0.4) is 0 Å². The molecule has 0 heterocycles. The van der Waals surface area contributed by atoms with Gasteiger partial charge in [-0.25, -0.2) is 4.39 Å². The van der Waals surface area contributed by atoms with E-state index in [2.05, 4.69) is 5.32 Å². The lowest BCUT2D eigenvalue weighted by molar-refractivity contribution is -0.139. The van der Waals surface area contributed by atoms with Crippen molar-refractivity contribution in [1.29, 1.82) is 0 Å². The zero-order chi connectivity index (χ0) is 26.8. The van der Waals surface area contributed by atoms with Crippen molar-refractivity contribution < 1.29 is 14.0 Å². The molecule has 0 aliphatic heterocycles. The first-order chi connectivity index (χ1) is 17.8. The third-order valence-electron chi connectivity index (χ3n) is 6.41. The van der Waals surface area contributed by atoms with Crippen molar-refractivity contribution in [3.63, 3.8) is 0 Å². The summed E-state index contributed by atoms with van der Waals surface area (Å²) < 4.78 is 14.3. The van der Waals surface area contributed by atoms with Crippen molar-refractivity contribution >= 4 is 35.2 Å². The van der Waals surface area contributed by atoms with Gasteiger partial charge in [0.2, 0.25) is 11.8 Å². The highest BCUT2D eigenvalue weighted by atomic mass is 35.5. The molecule has 0 saturated carbocycles. The molecule has 3 rings (SSSR count). The zero-order valence-electron chi connectivity index (χ0n) is 21.5. The quantitative estimate of drug-likeness (QED) is 0.282. The average Bonchev–Trinajstić information content (AvgIpc) is 2.89. The Hall–Kier alpha value is -2.83. The molecule has 0 unspecified atom stereocenters. The predicted octanol–water partition coefficient (Wildman–Crippen LogP) is 6.58. The Kier molecular flexibility index (Phi) is 11.0. The summed E-state index contributed by atoms with van der Waals surface area (Å²) in [7, 11) is 0. The number of rotatable bonds is 12. The Bertz CT molecular complexity index is 1170. The highest BCUT2D eigenvalue weighted by molar-refractivity contribution is 7.99. The maximum absolute atomic E-state index is 14.3. The summed E-state index contributed by atoms with van der Waals surface area (Å²) in [6.45, 7) is 6.27. The highest BCUT2D eigenvalue weighted by Gasteiger charge is 2.31. The molecule has 2 atom stereocenters. The van der Waals surface area contributed by atoms with Gasteiger partial charge in [-0.1, -0.05) is 79.2 Å². The summed E-state index contributed by atoms with van der Waals surface area (Å²) in [5.74, 6) is -0.390. The Morgan fingerprint density at radius 2 is 1.73 bits per heavy atom. The van der Waals surface area contributed by atoms with Gasteiger partial charge in [0.25, 0.3) is 0 Å². The number of aryl methyl sites for hydroxylation is 1. The van der Waals surface area contributed by atoms with Crippen molar-refractivity contribution in [3.8, 4) is 0 Å². The summed E-state index contributed by atoms with van der Waals surface area (Å²) in [4.78, 5) is 28.9. The number of carbonyl (C=O) groups is 2. The van der Waals surface area contributed by atoms with Crippen LogP contribution in [0.2, 0.25) is 5.02 Å². The first-order valence-corrected chi connectivity index (χ1v) is 14.0. The van der Waals surface area contributed by atoms with Crippen LogP contribution < -0.4 is 5.32 Å². The van der Waals surface area contributed by atoms with Crippen molar-refractivity contribution in [2.24, 2.45) is 0 Å². The fourth-order valence-corrected chi connectivity index (χ4v) is 5.21. The molecular weight excluding hydrogens is 507 g/mol. The van der Waals surface area contributed by atoms with Gasteiger partial charge in [-0.2, -0.15) is 0 Å². The van der Waals surface area contributed by atoms with E-state index in [1.165, 1.54) is 17.8 Å². The van der Waals surface area contributed by atoms with Gasteiger partial charge in [0.1, 0.15) is 11.9 Å². The molecule has 0 bridgehead atoms. The van der Waals surface area contributed by atoms with Crippen molar-refractivity contribution in [2.45, 2.75) is 58.0 Å². The van der Waals surface area contributed by atoms with Gasteiger partial charge >= 0.3 is 0 Å². The monoisotopic (exact) mass is 540 g/mol. The van der Waals surface area contributed by atoms with Gasteiger partial charge in [-0.15, -0.1) is 11.8 Å². The molecule has 0 aliphatic rings.